The van der Waals surface area contributed by atoms with Crippen LogP contribution in [0.25, 0.3) is 0 Å². The fraction of sp³-hybridized carbons (Fsp3) is 0.625. The van der Waals surface area contributed by atoms with E-state index in [4.69, 9.17) is 14.2 Å². The number of hydrogen-bond acceptors (Lipinski definition) is 5. The smallest absolute Gasteiger partial charge is 0.123 e. The topological polar surface area (TPSA) is 60.0 Å². The maximum absolute atomic E-state index is 9.75. The van der Waals surface area contributed by atoms with Gasteiger partial charge in [0, 0.05) is 32.4 Å². The Morgan fingerprint density at radius 3 is 2.81 bits per heavy atom. The molecule has 1 unspecified atom stereocenters. The molecule has 0 fully saturated rings. The molecule has 5 nitrogen and oxygen atoms in total. The third kappa shape index (κ3) is 7.43. The van der Waals surface area contributed by atoms with Crippen LogP contribution in [0, 0.1) is 6.92 Å². The molecule has 1 rings (SSSR count). The number of aryl methyl sites for hydroxylation is 1. The quantitative estimate of drug-likeness (QED) is 0.606. The summed E-state index contributed by atoms with van der Waals surface area (Å²) in [5.41, 5.74) is 2.26. The van der Waals surface area contributed by atoms with Gasteiger partial charge in [-0.3, -0.25) is 0 Å². The van der Waals surface area contributed by atoms with Crippen LogP contribution in [-0.4, -0.2) is 51.3 Å². The summed E-state index contributed by atoms with van der Waals surface area (Å²) in [6.45, 7) is 7.24. The number of rotatable bonds is 11. The average Bonchev–Trinajstić information content (AvgIpc) is 2.48. The molecule has 120 valence electrons. The van der Waals surface area contributed by atoms with Crippen LogP contribution in [0.15, 0.2) is 18.2 Å². The first-order chi connectivity index (χ1) is 10.2. The molecule has 0 aliphatic heterocycles. The molecule has 0 aliphatic carbocycles. The van der Waals surface area contributed by atoms with E-state index in [0.29, 0.717) is 26.4 Å². The molecule has 0 aromatic heterocycles. The molecule has 0 bridgehead atoms. The lowest BCUT2D eigenvalue weighted by Crippen LogP contribution is -2.24. The Morgan fingerprint density at radius 2 is 2.10 bits per heavy atom. The molecule has 5 heteroatoms. The number of hydrogen-bond donors (Lipinski definition) is 2. The average molecular weight is 297 g/mol. The predicted octanol–water partition coefficient (Wildman–Crippen LogP) is 1.51. The Bertz CT molecular complexity index is 398. The number of aliphatic hydroxyl groups is 1. The zero-order valence-electron chi connectivity index (χ0n) is 13.2. The minimum atomic E-state index is -0.611. The Kier molecular flexibility index (Phi) is 9.01. The summed E-state index contributed by atoms with van der Waals surface area (Å²) in [5.74, 6) is 0.793. The van der Waals surface area contributed by atoms with E-state index in [0.717, 1.165) is 17.9 Å². The number of nitrogens with one attached hydrogen (secondary N) is 1. The van der Waals surface area contributed by atoms with Gasteiger partial charge < -0.3 is 24.6 Å². The van der Waals surface area contributed by atoms with Gasteiger partial charge in [-0.05, 0) is 19.9 Å². The first-order valence-corrected chi connectivity index (χ1v) is 7.35. The molecule has 1 aromatic rings. The molecule has 1 aromatic carbocycles. The molecule has 0 saturated carbocycles. The summed E-state index contributed by atoms with van der Waals surface area (Å²) in [6, 6.07) is 6.03. The van der Waals surface area contributed by atoms with Crippen LogP contribution in [0.2, 0.25) is 0 Å². The van der Waals surface area contributed by atoms with Gasteiger partial charge in [-0.2, -0.15) is 0 Å². The SMILES string of the molecule is CCOCC(O)COc1ccc(C)cc1CNCCOC. The maximum Gasteiger partial charge on any atom is 0.123 e. The molecule has 0 heterocycles. The van der Waals surface area contributed by atoms with Gasteiger partial charge in [0.15, 0.2) is 0 Å². The van der Waals surface area contributed by atoms with Gasteiger partial charge in [-0.15, -0.1) is 0 Å². The lowest BCUT2D eigenvalue weighted by molar-refractivity contribution is 0.0162. The third-order valence-corrected chi connectivity index (χ3v) is 2.96. The lowest BCUT2D eigenvalue weighted by Gasteiger charge is -2.16. The van der Waals surface area contributed by atoms with Crippen molar-refractivity contribution in [3.63, 3.8) is 0 Å². The van der Waals surface area contributed by atoms with Crippen LogP contribution in [-0.2, 0) is 16.0 Å². The van der Waals surface area contributed by atoms with Crippen molar-refractivity contribution >= 4 is 0 Å². The molecule has 0 radical (unpaired) electrons. The van der Waals surface area contributed by atoms with Crippen molar-refractivity contribution in [2.24, 2.45) is 0 Å². The highest BCUT2D eigenvalue weighted by Gasteiger charge is 2.08. The molecule has 0 saturated heterocycles. The lowest BCUT2D eigenvalue weighted by atomic mass is 10.1. The van der Waals surface area contributed by atoms with E-state index in [9.17, 15) is 5.11 Å². The summed E-state index contributed by atoms with van der Waals surface area (Å²) >= 11 is 0. The zero-order valence-corrected chi connectivity index (χ0v) is 13.2. The monoisotopic (exact) mass is 297 g/mol. The van der Waals surface area contributed by atoms with Gasteiger partial charge in [0.05, 0.1) is 13.2 Å². The van der Waals surface area contributed by atoms with Crippen LogP contribution >= 0.6 is 0 Å². The van der Waals surface area contributed by atoms with E-state index < -0.39 is 6.10 Å². The molecular formula is C16H27NO4. The van der Waals surface area contributed by atoms with Gasteiger partial charge in [0.1, 0.15) is 18.5 Å². The zero-order chi connectivity index (χ0) is 15.5. The van der Waals surface area contributed by atoms with Gasteiger partial charge in [-0.1, -0.05) is 17.7 Å². The van der Waals surface area contributed by atoms with Gasteiger partial charge in [-0.25, -0.2) is 0 Å². The molecule has 2 N–H and O–H groups in total. The summed E-state index contributed by atoms with van der Waals surface area (Å²) < 4.78 is 15.9. The highest BCUT2D eigenvalue weighted by atomic mass is 16.5. The van der Waals surface area contributed by atoms with Crippen molar-refractivity contribution < 1.29 is 19.3 Å². The maximum atomic E-state index is 9.75. The highest BCUT2D eigenvalue weighted by molar-refractivity contribution is 5.36. The standard InChI is InChI=1S/C16H27NO4/c1-4-20-11-15(18)12-21-16-6-5-13(2)9-14(16)10-17-7-8-19-3/h5-6,9,15,17-18H,4,7-8,10-12H2,1-3H3. The van der Waals surface area contributed by atoms with Crippen LogP contribution in [0.3, 0.4) is 0 Å². The minimum absolute atomic E-state index is 0.230. The highest BCUT2D eigenvalue weighted by Crippen LogP contribution is 2.20. The van der Waals surface area contributed by atoms with Crippen LogP contribution in [0.5, 0.6) is 5.75 Å². The molecular weight excluding hydrogens is 270 g/mol. The van der Waals surface area contributed by atoms with E-state index in [2.05, 4.69) is 11.4 Å². The summed E-state index contributed by atoms with van der Waals surface area (Å²) in [5, 5.41) is 13.1. The number of methoxy groups -OCH3 is 1. The molecule has 0 amide bonds. The third-order valence-electron chi connectivity index (χ3n) is 2.96. The van der Waals surface area contributed by atoms with Crippen LogP contribution in [0.1, 0.15) is 18.1 Å². The van der Waals surface area contributed by atoms with Crippen molar-refractivity contribution in [1.29, 1.82) is 0 Å². The summed E-state index contributed by atoms with van der Waals surface area (Å²) in [6.07, 6.45) is -0.611. The second-order valence-electron chi connectivity index (χ2n) is 4.91. The first kappa shape index (κ1) is 17.9. The van der Waals surface area contributed by atoms with Crippen molar-refractivity contribution in [1.82, 2.24) is 5.32 Å². The Labute approximate surface area is 127 Å². The van der Waals surface area contributed by atoms with E-state index >= 15 is 0 Å². The van der Waals surface area contributed by atoms with E-state index in [1.807, 2.05) is 26.0 Å². The summed E-state index contributed by atoms with van der Waals surface area (Å²) in [7, 11) is 1.68. The van der Waals surface area contributed by atoms with Gasteiger partial charge >= 0.3 is 0 Å². The van der Waals surface area contributed by atoms with Crippen molar-refractivity contribution in [3.8, 4) is 5.75 Å². The second-order valence-corrected chi connectivity index (χ2v) is 4.91. The Hall–Kier alpha value is -1.14. The first-order valence-electron chi connectivity index (χ1n) is 7.35. The fourth-order valence-electron chi connectivity index (χ4n) is 1.87. The Balaban J connectivity index is 2.51. The van der Waals surface area contributed by atoms with Crippen molar-refractivity contribution in [2.75, 3.05) is 40.1 Å². The Morgan fingerprint density at radius 1 is 1.29 bits per heavy atom. The minimum Gasteiger partial charge on any atom is -0.490 e. The predicted molar refractivity (Wildman–Crippen MR) is 82.8 cm³/mol. The normalized spacial score (nSPS) is 12.4. The fourth-order valence-corrected chi connectivity index (χ4v) is 1.87. The molecule has 21 heavy (non-hydrogen) atoms. The van der Waals surface area contributed by atoms with Crippen molar-refractivity contribution in [3.05, 3.63) is 29.3 Å². The molecule has 0 aliphatic rings. The van der Waals surface area contributed by atoms with Crippen LogP contribution in [0.4, 0.5) is 0 Å². The number of aliphatic hydroxyl groups excluding tert-OH is 1. The van der Waals surface area contributed by atoms with E-state index in [1.165, 1.54) is 5.56 Å². The van der Waals surface area contributed by atoms with Gasteiger partial charge in [0.25, 0.3) is 0 Å². The van der Waals surface area contributed by atoms with Crippen molar-refractivity contribution in [2.45, 2.75) is 26.5 Å². The van der Waals surface area contributed by atoms with Gasteiger partial charge in [0.2, 0.25) is 0 Å². The molecule has 1 atom stereocenters. The van der Waals surface area contributed by atoms with Crippen LogP contribution < -0.4 is 10.1 Å². The number of ether oxygens (including phenoxy) is 3. The van der Waals surface area contributed by atoms with E-state index in [-0.39, 0.29) is 6.61 Å². The second kappa shape index (κ2) is 10.6. The molecule has 0 spiro atoms. The summed E-state index contributed by atoms with van der Waals surface area (Å²) in [4.78, 5) is 0. The van der Waals surface area contributed by atoms with E-state index in [1.54, 1.807) is 7.11 Å². The number of benzene rings is 1. The largest absolute Gasteiger partial charge is 0.490 e.